The van der Waals surface area contributed by atoms with Crippen LogP contribution in [0.2, 0.25) is 0 Å². The lowest BCUT2D eigenvalue weighted by Gasteiger charge is -2.13. The van der Waals surface area contributed by atoms with Gasteiger partial charge in [-0.2, -0.15) is 0 Å². The molecule has 1 aliphatic carbocycles. The molecule has 0 spiro atoms. The lowest BCUT2D eigenvalue weighted by atomic mass is 9.97. The van der Waals surface area contributed by atoms with Crippen LogP contribution in [0.15, 0.2) is 30.3 Å². The summed E-state index contributed by atoms with van der Waals surface area (Å²) in [5.41, 5.74) is 2.40. The van der Waals surface area contributed by atoms with Crippen LogP contribution in [-0.4, -0.2) is 0 Å². The normalized spacial score (nSPS) is 16.5. The van der Waals surface area contributed by atoms with Gasteiger partial charge >= 0.3 is 0 Å². The largest absolute Gasteiger partial charge is 0.111 e. The fraction of sp³-hybridized carbons (Fsp3) is 0.100. The molecule has 0 aromatic heterocycles. The van der Waals surface area contributed by atoms with Gasteiger partial charge in [-0.05, 0) is 17.5 Å². The quantitative estimate of drug-likeness (QED) is 0.551. The van der Waals surface area contributed by atoms with E-state index in [1.54, 1.807) is 0 Å². The third-order valence-electron chi connectivity index (χ3n) is 1.85. The van der Waals surface area contributed by atoms with Crippen molar-refractivity contribution in [2.24, 2.45) is 0 Å². The molecule has 0 bridgehead atoms. The van der Waals surface area contributed by atoms with E-state index in [1.807, 2.05) is 12.1 Å². The Bertz CT molecular complexity index is 289. The first kappa shape index (κ1) is 6.93. The van der Waals surface area contributed by atoms with E-state index in [0.29, 0.717) is 0 Å². The number of benzene rings is 1. The predicted octanol–water partition coefficient (Wildman–Crippen LogP) is 3.22. The van der Waals surface area contributed by atoms with Crippen molar-refractivity contribution in [3.8, 4) is 0 Å². The first-order valence-electron chi connectivity index (χ1n) is 3.65. The first-order valence-corrected chi connectivity index (χ1v) is 4.03. The summed E-state index contributed by atoms with van der Waals surface area (Å²) in [6.45, 7) is 0. The summed E-state index contributed by atoms with van der Waals surface area (Å²) < 4.78 is 0. The van der Waals surface area contributed by atoms with Crippen molar-refractivity contribution in [2.75, 3.05) is 0 Å². The molecular weight excluding hydrogens is 156 g/mol. The molecule has 0 atom stereocenters. The Kier molecular flexibility index (Phi) is 1.71. The average Bonchev–Trinajstić information content (AvgIpc) is 2.06. The molecule has 0 aliphatic heterocycles. The van der Waals surface area contributed by atoms with E-state index in [9.17, 15) is 0 Å². The minimum atomic E-state index is 0.874. The molecule has 1 heteroatoms. The van der Waals surface area contributed by atoms with Gasteiger partial charge in [0.25, 0.3) is 0 Å². The van der Waals surface area contributed by atoms with Crippen LogP contribution >= 0.6 is 11.6 Å². The molecule has 1 aromatic carbocycles. The van der Waals surface area contributed by atoms with Gasteiger partial charge in [0.05, 0.1) is 5.38 Å². The Labute approximate surface area is 71.5 Å². The SMILES string of the molecule is Cl[C]1CC=Cc2ccccc21. The van der Waals surface area contributed by atoms with Crippen molar-refractivity contribution in [3.05, 3.63) is 46.8 Å². The third-order valence-corrected chi connectivity index (χ3v) is 2.21. The Morgan fingerprint density at radius 3 is 2.82 bits per heavy atom. The summed E-state index contributed by atoms with van der Waals surface area (Å²) in [6.07, 6.45) is 5.07. The van der Waals surface area contributed by atoms with Gasteiger partial charge < -0.3 is 0 Å². The van der Waals surface area contributed by atoms with Crippen LogP contribution in [0.25, 0.3) is 6.08 Å². The molecule has 2 rings (SSSR count). The number of hydrogen-bond acceptors (Lipinski definition) is 0. The lowest BCUT2D eigenvalue weighted by Crippen LogP contribution is -1.96. The summed E-state index contributed by atoms with van der Waals surface area (Å²) in [4.78, 5) is 0. The topological polar surface area (TPSA) is 0 Å². The molecule has 0 heterocycles. The molecule has 0 nitrogen and oxygen atoms in total. The highest BCUT2D eigenvalue weighted by molar-refractivity contribution is 6.29. The molecule has 0 fully saturated rings. The van der Waals surface area contributed by atoms with E-state index in [-0.39, 0.29) is 0 Å². The predicted molar refractivity (Wildman–Crippen MR) is 48.3 cm³/mol. The smallest absolute Gasteiger partial charge is 0.0970 e. The second-order valence-electron chi connectivity index (χ2n) is 2.60. The van der Waals surface area contributed by atoms with Crippen molar-refractivity contribution in [3.63, 3.8) is 0 Å². The van der Waals surface area contributed by atoms with Crippen LogP contribution in [0.1, 0.15) is 17.5 Å². The van der Waals surface area contributed by atoms with E-state index in [0.717, 1.165) is 11.8 Å². The molecule has 55 valence electrons. The zero-order valence-corrected chi connectivity index (χ0v) is 6.81. The second-order valence-corrected chi connectivity index (χ2v) is 3.05. The molecule has 0 amide bonds. The maximum absolute atomic E-state index is 6.01. The number of halogens is 1. The van der Waals surface area contributed by atoms with Gasteiger partial charge in [0.1, 0.15) is 0 Å². The summed E-state index contributed by atoms with van der Waals surface area (Å²) >= 11 is 6.01. The molecule has 1 radical (unpaired) electrons. The van der Waals surface area contributed by atoms with Crippen LogP contribution in [-0.2, 0) is 0 Å². The monoisotopic (exact) mass is 163 g/mol. The summed E-state index contributed by atoms with van der Waals surface area (Å²) in [7, 11) is 0. The maximum Gasteiger partial charge on any atom is 0.0970 e. The fourth-order valence-electron chi connectivity index (χ4n) is 1.29. The summed E-state index contributed by atoms with van der Waals surface area (Å²) in [6, 6.07) is 8.17. The van der Waals surface area contributed by atoms with Crippen molar-refractivity contribution < 1.29 is 0 Å². The molecule has 1 aliphatic rings. The van der Waals surface area contributed by atoms with Crippen LogP contribution < -0.4 is 0 Å². The van der Waals surface area contributed by atoms with E-state index < -0.39 is 0 Å². The van der Waals surface area contributed by atoms with Crippen molar-refractivity contribution in [1.29, 1.82) is 0 Å². The highest BCUT2D eigenvalue weighted by Crippen LogP contribution is 2.31. The van der Waals surface area contributed by atoms with Gasteiger partial charge in [0.2, 0.25) is 0 Å². The maximum atomic E-state index is 6.01. The molecule has 0 unspecified atom stereocenters. The van der Waals surface area contributed by atoms with Gasteiger partial charge in [0, 0.05) is 0 Å². The molecule has 0 saturated heterocycles. The van der Waals surface area contributed by atoms with Crippen LogP contribution in [0.5, 0.6) is 0 Å². The molecule has 0 N–H and O–H groups in total. The summed E-state index contributed by atoms with van der Waals surface area (Å²) in [5.74, 6) is 0. The minimum Gasteiger partial charge on any atom is -0.111 e. The number of fused-ring (bicyclic) bond motifs is 1. The minimum absolute atomic E-state index is 0.874. The standard InChI is InChI=1S/C10H8Cl/c11-10-7-3-5-8-4-1-2-6-9(8)10/h1-6H,7H2. The third kappa shape index (κ3) is 1.19. The summed E-state index contributed by atoms with van der Waals surface area (Å²) in [5, 5.41) is 0.947. The zero-order chi connectivity index (χ0) is 7.68. The zero-order valence-electron chi connectivity index (χ0n) is 6.05. The van der Waals surface area contributed by atoms with Crippen LogP contribution in [0.3, 0.4) is 0 Å². The molecular formula is C10H8Cl. The number of hydrogen-bond donors (Lipinski definition) is 0. The highest BCUT2D eigenvalue weighted by Gasteiger charge is 2.13. The van der Waals surface area contributed by atoms with Crippen molar-refractivity contribution in [1.82, 2.24) is 0 Å². The van der Waals surface area contributed by atoms with Gasteiger partial charge in [-0.1, -0.05) is 36.4 Å². The van der Waals surface area contributed by atoms with E-state index in [4.69, 9.17) is 11.6 Å². The Morgan fingerprint density at radius 1 is 1.18 bits per heavy atom. The van der Waals surface area contributed by atoms with Gasteiger partial charge in [-0.3, -0.25) is 0 Å². The first-order chi connectivity index (χ1) is 5.38. The number of allylic oxidation sites excluding steroid dienone is 1. The van der Waals surface area contributed by atoms with E-state index in [1.165, 1.54) is 11.1 Å². The van der Waals surface area contributed by atoms with E-state index in [2.05, 4.69) is 24.3 Å². The van der Waals surface area contributed by atoms with Crippen molar-refractivity contribution in [2.45, 2.75) is 6.42 Å². The Morgan fingerprint density at radius 2 is 2.00 bits per heavy atom. The van der Waals surface area contributed by atoms with Crippen LogP contribution in [0, 0.1) is 5.38 Å². The highest BCUT2D eigenvalue weighted by atomic mass is 35.5. The number of rotatable bonds is 0. The van der Waals surface area contributed by atoms with Crippen molar-refractivity contribution >= 4 is 17.7 Å². The van der Waals surface area contributed by atoms with Gasteiger partial charge in [0.15, 0.2) is 0 Å². The fourth-order valence-corrected chi connectivity index (χ4v) is 1.55. The van der Waals surface area contributed by atoms with E-state index >= 15 is 0 Å². The molecule has 1 aromatic rings. The Balaban J connectivity index is 2.54. The molecule has 0 saturated carbocycles. The lowest BCUT2D eigenvalue weighted by molar-refractivity contribution is 1.16. The molecule has 11 heavy (non-hydrogen) atoms. The second kappa shape index (κ2) is 2.71. The average molecular weight is 164 g/mol. The van der Waals surface area contributed by atoms with Gasteiger partial charge in [-0.25, -0.2) is 0 Å². The van der Waals surface area contributed by atoms with Gasteiger partial charge in [-0.15, -0.1) is 11.6 Å². The van der Waals surface area contributed by atoms with Crippen LogP contribution in [0.4, 0.5) is 0 Å². The Hall–Kier alpha value is -0.750.